The van der Waals surface area contributed by atoms with Crippen molar-refractivity contribution in [1.82, 2.24) is 4.98 Å². The van der Waals surface area contributed by atoms with Gasteiger partial charge < -0.3 is 5.32 Å². The summed E-state index contributed by atoms with van der Waals surface area (Å²) >= 11 is 0. The van der Waals surface area contributed by atoms with Crippen LogP contribution in [0.4, 0.5) is 10.1 Å². The third-order valence-corrected chi connectivity index (χ3v) is 3.37. The first-order valence-corrected chi connectivity index (χ1v) is 6.96. The second kappa shape index (κ2) is 5.35. The second-order valence-corrected chi connectivity index (χ2v) is 5.44. The number of carbonyl (C=O) groups excluding carboxylic acids is 1. The minimum Gasteiger partial charge on any atom is -0.319 e. The molecule has 1 aromatic heterocycles. The summed E-state index contributed by atoms with van der Waals surface area (Å²) in [6.45, 7) is 0. The van der Waals surface area contributed by atoms with E-state index in [0.717, 1.165) is 18.2 Å². The minimum atomic E-state index is -3.97. The Morgan fingerprint density at radius 3 is 2.45 bits per heavy atom. The van der Waals surface area contributed by atoms with Gasteiger partial charge in [0, 0.05) is 18.0 Å². The van der Waals surface area contributed by atoms with Crippen LogP contribution in [0.2, 0.25) is 0 Å². The van der Waals surface area contributed by atoms with Crippen molar-refractivity contribution in [3.05, 3.63) is 54.1 Å². The average molecular weight is 295 g/mol. The molecule has 0 saturated heterocycles. The third-order valence-electron chi connectivity index (χ3n) is 2.46. The Bertz CT molecular complexity index is 748. The van der Waals surface area contributed by atoms with E-state index in [1.165, 1.54) is 24.5 Å². The van der Waals surface area contributed by atoms with Crippen molar-refractivity contribution < 1.29 is 17.6 Å². The molecule has 2 aromatic rings. The normalized spacial score (nSPS) is 11.1. The van der Waals surface area contributed by atoms with E-state index in [0.29, 0.717) is 0 Å². The number of pyridine rings is 1. The molecule has 20 heavy (non-hydrogen) atoms. The van der Waals surface area contributed by atoms with E-state index in [9.17, 15) is 17.6 Å². The molecule has 0 radical (unpaired) electrons. The number of nitrogens with two attached hydrogens (primary N) is 1. The summed E-state index contributed by atoms with van der Waals surface area (Å²) in [5, 5.41) is 7.22. The molecule has 1 aromatic carbocycles. The molecular formula is C12H10FN3O3S. The fraction of sp³-hybridized carbons (Fsp3) is 0. The predicted molar refractivity (Wildman–Crippen MR) is 70.0 cm³/mol. The number of amides is 1. The zero-order valence-electron chi connectivity index (χ0n) is 10.1. The third kappa shape index (κ3) is 3.16. The number of sulfonamides is 1. The first-order chi connectivity index (χ1) is 9.38. The van der Waals surface area contributed by atoms with Crippen molar-refractivity contribution in [2.45, 2.75) is 4.90 Å². The topological polar surface area (TPSA) is 102 Å². The molecule has 0 aliphatic carbocycles. The van der Waals surface area contributed by atoms with Crippen LogP contribution in [0, 0.1) is 5.82 Å². The quantitative estimate of drug-likeness (QED) is 0.885. The summed E-state index contributed by atoms with van der Waals surface area (Å²) in [6.07, 6.45) is 2.82. The SMILES string of the molecule is NS(=O)(=O)c1ccc(F)c(NC(=O)c2ccncc2)c1. The highest BCUT2D eigenvalue weighted by atomic mass is 32.2. The van der Waals surface area contributed by atoms with Crippen molar-refractivity contribution in [2.24, 2.45) is 5.14 Å². The van der Waals surface area contributed by atoms with E-state index in [4.69, 9.17) is 5.14 Å². The van der Waals surface area contributed by atoms with Crippen LogP contribution < -0.4 is 10.5 Å². The number of benzene rings is 1. The van der Waals surface area contributed by atoms with Crippen LogP contribution in [-0.4, -0.2) is 19.3 Å². The van der Waals surface area contributed by atoms with Gasteiger partial charge in [0.2, 0.25) is 10.0 Å². The lowest BCUT2D eigenvalue weighted by Crippen LogP contribution is -2.16. The summed E-state index contributed by atoms with van der Waals surface area (Å²) in [5.74, 6) is -1.35. The molecule has 0 atom stereocenters. The van der Waals surface area contributed by atoms with Crippen LogP contribution in [0.15, 0.2) is 47.6 Å². The molecule has 1 amide bonds. The van der Waals surface area contributed by atoms with Crippen LogP contribution >= 0.6 is 0 Å². The molecule has 8 heteroatoms. The van der Waals surface area contributed by atoms with Gasteiger partial charge in [0.1, 0.15) is 5.82 Å². The molecule has 3 N–H and O–H groups in total. The Labute approximate surface area is 114 Å². The fourth-order valence-electron chi connectivity index (χ4n) is 1.47. The van der Waals surface area contributed by atoms with Gasteiger partial charge in [-0.3, -0.25) is 9.78 Å². The fourth-order valence-corrected chi connectivity index (χ4v) is 2.01. The Hall–Kier alpha value is -2.32. The van der Waals surface area contributed by atoms with Gasteiger partial charge in [0.05, 0.1) is 10.6 Å². The molecule has 0 spiro atoms. The standard InChI is InChI=1S/C12H10FN3O3S/c13-10-2-1-9(20(14,18)19)7-11(10)16-12(17)8-3-5-15-6-4-8/h1-7H,(H,16,17)(H2,14,18,19). The summed E-state index contributed by atoms with van der Waals surface area (Å²) in [6, 6.07) is 5.78. The highest BCUT2D eigenvalue weighted by Gasteiger charge is 2.14. The van der Waals surface area contributed by atoms with E-state index in [1.807, 2.05) is 0 Å². The summed E-state index contributed by atoms with van der Waals surface area (Å²) < 4.78 is 35.9. The number of anilines is 1. The Morgan fingerprint density at radius 2 is 1.85 bits per heavy atom. The lowest BCUT2D eigenvalue weighted by molar-refractivity contribution is 0.102. The molecule has 6 nitrogen and oxygen atoms in total. The highest BCUT2D eigenvalue weighted by Crippen LogP contribution is 2.19. The lowest BCUT2D eigenvalue weighted by atomic mass is 10.2. The maximum atomic E-state index is 13.6. The number of primary sulfonamides is 1. The van der Waals surface area contributed by atoms with Crippen LogP contribution in [0.3, 0.4) is 0 Å². The maximum absolute atomic E-state index is 13.6. The van der Waals surface area contributed by atoms with Gasteiger partial charge in [-0.05, 0) is 30.3 Å². The van der Waals surface area contributed by atoms with Crippen LogP contribution in [0.25, 0.3) is 0 Å². The van der Waals surface area contributed by atoms with E-state index in [2.05, 4.69) is 10.3 Å². The summed E-state index contributed by atoms with van der Waals surface area (Å²) in [7, 11) is -3.97. The van der Waals surface area contributed by atoms with Crippen LogP contribution in [-0.2, 0) is 10.0 Å². The van der Waals surface area contributed by atoms with Gasteiger partial charge in [-0.25, -0.2) is 17.9 Å². The van der Waals surface area contributed by atoms with Gasteiger partial charge in [0.15, 0.2) is 0 Å². The Balaban J connectivity index is 2.32. The van der Waals surface area contributed by atoms with E-state index in [-0.39, 0.29) is 16.1 Å². The molecule has 1 heterocycles. The van der Waals surface area contributed by atoms with E-state index < -0.39 is 21.7 Å². The zero-order chi connectivity index (χ0) is 14.8. The van der Waals surface area contributed by atoms with Crippen molar-refractivity contribution in [3.63, 3.8) is 0 Å². The number of aromatic nitrogens is 1. The van der Waals surface area contributed by atoms with E-state index >= 15 is 0 Å². The molecular weight excluding hydrogens is 285 g/mol. The number of nitrogens with one attached hydrogen (secondary N) is 1. The number of hydrogen-bond donors (Lipinski definition) is 2. The van der Waals surface area contributed by atoms with Gasteiger partial charge in [0.25, 0.3) is 5.91 Å². The lowest BCUT2D eigenvalue weighted by Gasteiger charge is -2.08. The molecule has 0 aliphatic heterocycles. The zero-order valence-corrected chi connectivity index (χ0v) is 10.9. The Kier molecular flexibility index (Phi) is 3.77. The Morgan fingerprint density at radius 1 is 1.20 bits per heavy atom. The van der Waals surface area contributed by atoms with Crippen LogP contribution in [0.5, 0.6) is 0 Å². The van der Waals surface area contributed by atoms with E-state index in [1.54, 1.807) is 0 Å². The van der Waals surface area contributed by atoms with Gasteiger partial charge in [-0.1, -0.05) is 0 Å². The molecule has 0 bridgehead atoms. The van der Waals surface area contributed by atoms with Crippen molar-refractivity contribution in [2.75, 3.05) is 5.32 Å². The monoisotopic (exact) mass is 295 g/mol. The predicted octanol–water partition coefficient (Wildman–Crippen LogP) is 1.12. The molecule has 2 rings (SSSR count). The number of nitrogens with zero attached hydrogens (tertiary/aromatic N) is 1. The van der Waals surface area contributed by atoms with Gasteiger partial charge >= 0.3 is 0 Å². The van der Waals surface area contributed by atoms with Crippen LogP contribution in [0.1, 0.15) is 10.4 Å². The largest absolute Gasteiger partial charge is 0.319 e. The first kappa shape index (κ1) is 14.1. The number of halogens is 1. The average Bonchev–Trinajstić information content (AvgIpc) is 2.41. The first-order valence-electron chi connectivity index (χ1n) is 5.41. The smallest absolute Gasteiger partial charge is 0.255 e. The van der Waals surface area contributed by atoms with Gasteiger partial charge in [-0.2, -0.15) is 0 Å². The summed E-state index contributed by atoms with van der Waals surface area (Å²) in [4.78, 5) is 15.3. The van der Waals surface area contributed by atoms with Crippen molar-refractivity contribution in [1.29, 1.82) is 0 Å². The number of rotatable bonds is 3. The molecule has 0 unspecified atom stereocenters. The molecule has 0 fully saturated rings. The minimum absolute atomic E-state index is 0.264. The van der Waals surface area contributed by atoms with Crippen molar-refractivity contribution >= 4 is 21.6 Å². The highest BCUT2D eigenvalue weighted by molar-refractivity contribution is 7.89. The molecule has 0 aliphatic rings. The summed E-state index contributed by atoms with van der Waals surface area (Å²) in [5.41, 5.74) is -0.00116. The van der Waals surface area contributed by atoms with Crippen molar-refractivity contribution in [3.8, 4) is 0 Å². The van der Waals surface area contributed by atoms with Gasteiger partial charge in [-0.15, -0.1) is 0 Å². The maximum Gasteiger partial charge on any atom is 0.255 e. The molecule has 104 valence electrons. The second-order valence-electron chi connectivity index (χ2n) is 3.88. The number of carbonyl (C=O) groups is 1. The number of hydrogen-bond acceptors (Lipinski definition) is 4. The molecule has 0 saturated carbocycles.